The monoisotopic (exact) mass is 263 g/mol. The van der Waals surface area contributed by atoms with Crippen LogP contribution in [0.15, 0.2) is 12.1 Å². The highest BCUT2D eigenvalue weighted by atomic mass is 32.1. The molecule has 0 saturated carbocycles. The molecule has 0 radical (unpaired) electrons. The molecule has 2 aromatic heterocycles. The lowest BCUT2D eigenvalue weighted by Crippen LogP contribution is -2.08. The highest BCUT2D eigenvalue weighted by molar-refractivity contribution is 7.22. The van der Waals surface area contributed by atoms with Crippen LogP contribution in [0.4, 0.5) is 0 Å². The van der Waals surface area contributed by atoms with Crippen LogP contribution in [0.3, 0.4) is 0 Å². The molecule has 2 nitrogen and oxygen atoms in total. The van der Waals surface area contributed by atoms with Gasteiger partial charge in [0.05, 0.1) is 4.88 Å². The molecule has 1 aliphatic rings. The number of rotatable bonds is 2. The predicted molar refractivity (Wildman–Crippen MR) is 72.1 cm³/mol. The predicted octanol–water partition coefficient (Wildman–Crippen LogP) is 3.95. The average Bonchev–Trinajstić information content (AvgIpc) is 2.95. The first kappa shape index (κ1) is 11.1. The van der Waals surface area contributed by atoms with Gasteiger partial charge in [0.1, 0.15) is 10.7 Å². The zero-order valence-corrected chi connectivity index (χ0v) is 11.3. The quantitative estimate of drug-likeness (QED) is 0.821. The topological polar surface area (TPSA) is 30.0 Å². The van der Waals surface area contributed by atoms with Crippen LogP contribution >= 0.6 is 22.7 Å². The summed E-state index contributed by atoms with van der Waals surface area (Å²) in [6.07, 6.45) is 3.73. The highest BCUT2D eigenvalue weighted by Gasteiger charge is 2.22. The number of hydrogen-bond donors (Lipinski definition) is 0. The summed E-state index contributed by atoms with van der Waals surface area (Å²) in [4.78, 5) is 20.0. The number of fused-ring (bicyclic) bond motifs is 1. The Balaban J connectivity index is 2.01. The van der Waals surface area contributed by atoms with Crippen LogP contribution in [0.1, 0.15) is 40.0 Å². The van der Waals surface area contributed by atoms with Gasteiger partial charge in [0.25, 0.3) is 0 Å². The number of thiazole rings is 1. The Kier molecular flexibility index (Phi) is 2.84. The molecule has 0 bridgehead atoms. The Morgan fingerprint density at radius 1 is 1.29 bits per heavy atom. The number of thiophene rings is 1. The maximum Gasteiger partial charge on any atom is 0.182 e. The van der Waals surface area contributed by atoms with Crippen molar-refractivity contribution >= 4 is 28.5 Å². The number of ketones is 1. The van der Waals surface area contributed by atoms with E-state index in [-0.39, 0.29) is 5.78 Å². The largest absolute Gasteiger partial charge is 0.292 e. The summed E-state index contributed by atoms with van der Waals surface area (Å²) in [5.41, 5.74) is 0.739. The zero-order chi connectivity index (χ0) is 11.8. The van der Waals surface area contributed by atoms with E-state index < -0.39 is 0 Å². The van der Waals surface area contributed by atoms with Crippen molar-refractivity contribution in [1.29, 1.82) is 0 Å². The van der Waals surface area contributed by atoms with Crippen LogP contribution in [0.5, 0.6) is 0 Å². The number of nitrogens with zero attached hydrogens (tertiary/aromatic N) is 1. The fourth-order valence-electron chi connectivity index (χ4n) is 2.06. The van der Waals surface area contributed by atoms with Crippen molar-refractivity contribution in [2.24, 2.45) is 0 Å². The summed E-state index contributed by atoms with van der Waals surface area (Å²) >= 11 is 3.48. The van der Waals surface area contributed by atoms with Gasteiger partial charge in [-0.3, -0.25) is 4.79 Å². The van der Waals surface area contributed by atoms with Crippen LogP contribution in [0.2, 0.25) is 0 Å². The van der Waals surface area contributed by atoms with Gasteiger partial charge in [-0.2, -0.15) is 0 Å². The van der Waals surface area contributed by atoms with E-state index in [0.29, 0.717) is 6.42 Å². The molecule has 2 heterocycles. The Morgan fingerprint density at radius 3 is 2.88 bits per heavy atom. The van der Waals surface area contributed by atoms with Gasteiger partial charge in [-0.15, -0.1) is 22.7 Å². The third-order valence-electron chi connectivity index (χ3n) is 2.99. The first-order chi connectivity index (χ1) is 8.28. The molecule has 2 aromatic rings. The van der Waals surface area contributed by atoms with E-state index in [0.717, 1.165) is 30.0 Å². The summed E-state index contributed by atoms with van der Waals surface area (Å²) < 4.78 is 0. The molecule has 0 unspecified atom stereocenters. The first-order valence-electron chi connectivity index (χ1n) is 5.90. The van der Waals surface area contributed by atoms with Gasteiger partial charge in [0.2, 0.25) is 0 Å². The fraction of sp³-hybridized carbons (Fsp3) is 0.385. The number of carbonyl (C=O) groups is 1. The van der Waals surface area contributed by atoms with Gasteiger partial charge in [0.15, 0.2) is 5.78 Å². The number of aromatic nitrogens is 1. The summed E-state index contributed by atoms with van der Waals surface area (Å²) in [6, 6.07) is 4.28. The second kappa shape index (κ2) is 4.35. The van der Waals surface area contributed by atoms with Crippen LogP contribution < -0.4 is 0 Å². The Bertz CT molecular complexity index is 568. The lowest BCUT2D eigenvalue weighted by Gasteiger charge is -2.06. The smallest absolute Gasteiger partial charge is 0.182 e. The fourth-order valence-corrected chi connectivity index (χ4v) is 4.18. The van der Waals surface area contributed by atoms with Crippen molar-refractivity contribution in [3.8, 4) is 9.88 Å². The number of hydrogen-bond acceptors (Lipinski definition) is 4. The minimum absolute atomic E-state index is 0.223. The molecule has 17 heavy (non-hydrogen) atoms. The molecule has 0 amide bonds. The summed E-state index contributed by atoms with van der Waals surface area (Å²) in [6.45, 7) is 2.16. The van der Waals surface area contributed by atoms with Crippen molar-refractivity contribution < 1.29 is 4.79 Å². The SMILES string of the molecule is CCc1ccc(-c2nc3c(s2)CCCC3=O)s1. The zero-order valence-electron chi connectivity index (χ0n) is 9.66. The third-order valence-corrected chi connectivity index (χ3v) is 5.50. The Labute approximate surface area is 108 Å². The second-order valence-corrected chi connectivity index (χ2v) is 6.44. The lowest BCUT2D eigenvalue weighted by atomic mass is 10.0. The number of carbonyl (C=O) groups excluding carboxylic acids is 1. The van der Waals surface area contributed by atoms with E-state index in [1.165, 1.54) is 14.6 Å². The van der Waals surface area contributed by atoms with Crippen LogP contribution in [0, 0.1) is 0 Å². The standard InChI is InChI=1S/C13H13NOS2/c1-2-8-6-7-11(16-8)13-14-12-9(15)4-3-5-10(12)17-13/h6-7H,2-5H2,1H3. The molecule has 0 saturated heterocycles. The Hall–Kier alpha value is -1.00. The third kappa shape index (κ3) is 1.96. The van der Waals surface area contributed by atoms with E-state index in [1.54, 1.807) is 22.7 Å². The summed E-state index contributed by atoms with van der Waals surface area (Å²) in [7, 11) is 0. The van der Waals surface area contributed by atoms with Crippen molar-refractivity contribution in [2.45, 2.75) is 32.6 Å². The molecular weight excluding hydrogens is 250 g/mol. The van der Waals surface area contributed by atoms with Gasteiger partial charge in [-0.05, 0) is 31.4 Å². The van der Waals surface area contributed by atoms with Gasteiger partial charge >= 0.3 is 0 Å². The molecule has 0 spiro atoms. The molecule has 88 valence electrons. The van der Waals surface area contributed by atoms with Crippen LogP contribution in [-0.4, -0.2) is 10.8 Å². The van der Waals surface area contributed by atoms with Gasteiger partial charge in [-0.25, -0.2) is 4.98 Å². The van der Waals surface area contributed by atoms with Gasteiger partial charge < -0.3 is 0 Å². The van der Waals surface area contributed by atoms with E-state index in [1.807, 2.05) is 0 Å². The molecule has 0 fully saturated rings. The number of aryl methyl sites for hydroxylation is 2. The summed E-state index contributed by atoms with van der Waals surface area (Å²) in [5.74, 6) is 0.223. The van der Waals surface area contributed by atoms with Crippen LogP contribution in [0.25, 0.3) is 9.88 Å². The van der Waals surface area contributed by atoms with Crippen molar-refractivity contribution in [3.05, 3.63) is 27.6 Å². The lowest BCUT2D eigenvalue weighted by molar-refractivity contribution is 0.0968. The second-order valence-electron chi connectivity index (χ2n) is 4.19. The van der Waals surface area contributed by atoms with Gasteiger partial charge in [0, 0.05) is 16.2 Å². The molecule has 0 aliphatic heterocycles. The minimum Gasteiger partial charge on any atom is -0.292 e. The molecule has 4 heteroatoms. The maximum absolute atomic E-state index is 11.7. The highest BCUT2D eigenvalue weighted by Crippen LogP contribution is 2.35. The average molecular weight is 263 g/mol. The number of Topliss-reactive ketones (excluding diaryl/α,β-unsaturated/α-hetero) is 1. The van der Waals surface area contributed by atoms with E-state index in [4.69, 9.17) is 0 Å². The van der Waals surface area contributed by atoms with Crippen molar-refractivity contribution in [3.63, 3.8) is 0 Å². The Morgan fingerprint density at radius 2 is 2.18 bits per heavy atom. The van der Waals surface area contributed by atoms with Crippen molar-refractivity contribution in [1.82, 2.24) is 4.98 Å². The van der Waals surface area contributed by atoms with E-state index >= 15 is 0 Å². The minimum atomic E-state index is 0.223. The molecule has 0 atom stereocenters. The summed E-state index contributed by atoms with van der Waals surface area (Å²) in [5, 5.41) is 1.02. The molecular formula is C13H13NOS2. The molecule has 1 aliphatic carbocycles. The normalized spacial score (nSPS) is 15.0. The van der Waals surface area contributed by atoms with E-state index in [9.17, 15) is 4.79 Å². The van der Waals surface area contributed by atoms with E-state index in [2.05, 4.69) is 24.0 Å². The molecule has 3 rings (SSSR count). The molecule has 0 aromatic carbocycles. The maximum atomic E-state index is 11.7. The first-order valence-corrected chi connectivity index (χ1v) is 7.53. The van der Waals surface area contributed by atoms with Gasteiger partial charge in [-0.1, -0.05) is 6.92 Å². The van der Waals surface area contributed by atoms with Crippen molar-refractivity contribution in [2.75, 3.05) is 0 Å². The van der Waals surface area contributed by atoms with Crippen LogP contribution in [-0.2, 0) is 12.8 Å². The molecule has 0 N–H and O–H groups in total.